The van der Waals surface area contributed by atoms with Crippen LogP contribution in [-0.2, 0) is 27.3 Å². The fraction of sp³-hybridized carbons (Fsp3) is 0.567. The molecule has 3 heterocycles. The number of benzene rings is 1. The lowest BCUT2D eigenvalue weighted by Crippen LogP contribution is -2.38. The molecule has 2 aliphatic rings. The maximum atomic E-state index is 13.6. The van der Waals surface area contributed by atoms with Crippen LogP contribution in [0.1, 0.15) is 68.2 Å². The minimum Gasteiger partial charge on any atom is -0.342 e. The molecule has 2 aliphatic heterocycles. The summed E-state index contributed by atoms with van der Waals surface area (Å²) in [6, 6.07) is 9.93. The average Bonchev–Trinajstić information content (AvgIpc) is 2.94. The standard InChI is InChI=1S/C30H42N6O3/c1-22-31-27(19-28(32-22)25-10-7-15-34(20-25)23(2)37)12-13-30(39)35-18-17-33(4)14-8-16-36(24(3)38)29-11-6-5-9-26(29)21-35/h5-6,9,11,19,25H,7-8,10,12-18,20-21H2,1-4H3. The number of para-hydroxylation sites is 1. The summed E-state index contributed by atoms with van der Waals surface area (Å²) in [5.74, 6) is 1.09. The number of likely N-dealkylation sites (tertiary alicyclic amines) is 1. The van der Waals surface area contributed by atoms with Crippen LogP contribution < -0.4 is 4.90 Å². The second-order valence-corrected chi connectivity index (χ2v) is 10.9. The van der Waals surface area contributed by atoms with Crippen molar-refractivity contribution in [2.75, 3.05) is 51.2 Å². The third-order valence-corrected chi connectivity index (χ3v) is 7.84. The van der Waals surface area contributed by atoms with Gasteiger partial charge in [-0.05, 0) is 63.9 Å². The highest BCUT2D eigenvalue weighted by atomic mass is 16.2. The maximum Gasteiger partial charge on any atom is 0.223 e. The number of amides is 3. The van der Waals surface area contributed by atoms with Crippen molar-refractivity contribution in [2.45, 2.75) is 65.3 Å². The first-order chi connectivity index (χ1) is 18.7. The Bertz CT molecular complexity index is 1190. The van der Waals surface area contributed by atoms with E-state index in [0.717, 1.165) is 61.5 Å². The van der Waals surface area contributed by atoms with Gasteiger partial charge >= 0.3 is 0 Å². The van der Waals surface area contributed by atoms with Crippen molar-refractivity contribution in [1.29, 1.82) is 0 Å². The molecule has 9 nitrogen and oxygen atoms in total. The molecule has 0 bridgehead atoms. The first-order valence-corrected chi connectivity index (χ1v) is 14.1. The molecular weight excluding hydrogens is 492 g/mol. The van der Waals surface area contributed by atoms with Crippen LogP contribution in [0.4, 0.5) is 5.69 Å². The molecule has 2 aromatic rings. The van der Waals surface area contributed by atoms with Crippen LogP contribution in [0.5, 0.6) is 0 Å². The molecule has 1 fully saturated rings. The number of aryl methyl sites for hydroxylation is 2. The van der Waals surface area contributed by atoms with E-state index >= 15 is 0 Å². The van der Waals surface area contributed by atoms with Gasteiger partial charge in [-0.1, -0.05) is 18.2 Å². The number of carbonyl (C=O) groups is 3. The molecule has 1 aromatic heterocycles. The van der Waals surface area contributed by atoms with Crippen LogP contribution in [0.15, 0.2) is 30.3 Å². The fourth-order valence-corrected chi connectivity index (χ4v) is 5.64. The van der Waals surface area contributed by atoms with Crippen LogP contribution >= 0.6 is 0 Å². The number of piperidine rings is 1. The summed E-state index contributed by atoms with van der Waals surface area (Å²) < 4.78 is 0. The summed E-state index contributed by atoms with van der Waals surface area (Å²) in [6.07, 6.45) is 3.72. The Morgan fingerprint density at radius 1 is 0.923 bits per heavy atom. The Kier molecular flexibility index (Phi) is 9.67. The Labute approximate surface area is 232 Å². The SMILES string of the molecule is CC(=O)N1CCCC(c2cc(CCC(=O)N3CCN(C)CCCN(C(C)=O)c4ccccc4C3)nc(C)n2)C1. The van der Waals surface area contributed by atoms with Crippen molar-refractivity contribution in [3.8, 4) is 0 Å². The molecule has 0 N–H and O–H groups in total. The Hall–Kier alpha value is -3.33. The zero-order chi connectivity index (χ0) is 27.9. The number of anilines is 1. The van der Waals surface area contributed by atoms with E-state index in [-0.39, 0.29) is 23.6 Å². The summed E-state index contributed by atoms with van der Waals surface area (Å²) in [4.78, 5) is 55.2. The first-order valence-electron chi connectivity index (χ1n) is 14.1. The van der Waals surface area contributed by atoms with Gasteiger partial charge in [0, 0.05) is 82.5 Å². The van der Waals surface area contributed by atoms with Gasteiger partial charge in [0.2, 0.25) is 17.7 Å². The third-order valence-electron chi connectivity index (χ3n) is 7.84. The topological polar surface area (TPSA) is 90.0 Å². The number of rotatable bonds is 4. The van der Waals surface area contributed by atoms with Gasteiger partial charge in [-0.2, -0.15) is 0 Å². The molecule has 9 heteroatoms. The van der Waals surface area contributed by atoms with Crippen LogP contribution in [-0.4, -0.2) is 88.7 Å². The zero-order valence-corrected chi connectivity index (χ0v) is 23.9. The quantitative estimate of drug-likeness (QED) is 0.599. The van der Waals surface area contributed by atoms with E-state index in [9.17, 15) is 14.4 Å². The van der Waals surface area contributed by atoms with Gasteiger partial charge in [-0.15, -0.1) is 0 Å². The second kappa shape index (κ2) is 13.2. The Morgan fingerprint density at radius 2 is 1.72 bits per heavy atom. The number of carbonyl (C=O) groups excluding carboxylic acids is 3. The highest BCUT2D eigenvalue weighted by Gasteiger charge is 2.25. The van der Waals surface area contributed by atoms with Gasteiger partial charge < -0.3 is 19.6 Å². The lowest BCUT2D eigenvalue weighted by atomic mass is 9.93. The van der Waals surface area contributed by atoms with E-state index in [1.54, 1.807) is 13.8 Å². The van der Waals surface area contributed by atoms with Crippen LogP contribution in [0.3, 0.4) is 0 Å². The van der Waals surface area contributed by atoms with Crippen molar-refractivity contribution < 1.29 is 14.4 Å². The molecule has 39 heavy (non-hydrogen) atoms. The predicted octanol–water partition coefficient (Wildman–Crippen LogP) is 3.16. The molecule has 0 aliphatic carbocycles. The van der Waals surface area contributed by atoms with Gasteiger partial charge in [0.05, 0.1) is 0 Å². The lowest BCUT2D eigenvalue weighted by Gasteiger charge is -2.32. The van der Waals surface area contributed by atoms with Crippen molar-refractivity contribution >= 4 is 23.4 Å². The Balaban J connectivity index is 1.49. The molecule has 0 saturated carbocycles. The molecule has 1 saturated heterocycles. The number of hydrogen-bond acceptors (Lipinski definition) is 6. The molecule has 0 radical (unpaired) electrons. The summed E-state index contributed by atoms with van der Waals surface area (Å²) in [6.45, 7) is 9.98. The molecule has 0 spiro atoms. The van der Waals surface area contributed by atoms with Gasteiger partial charge in [0.1, 0.15) is 5.82 Å². The smallest absolute Gasteiger partial charge is 0.223 e. The highest BCUT2D eigenvalue weighted by Crippen LogP contribution is 2.27. The van der Waals surface area contributed by atoms with E-state index in [2.05, 4.69) is 16.9 Å². The van der Waals surface area contributed by atoms with Gasteiger partial charge in [-0.3, -0.25) is 14.4 Å². The van der Waals surface area contributed by atoms with Crippen LogP contribution in [0.25, 0.3) is 0 Å². The minimum absolute atomic E-state index is 0.0153. The number of hydrogen-bond donors (Lipinski definition) is 0. The molecule has 1 unspecified atom stereocenters. The summed E-state index contributed by atoms with van der Waals surface area (Å²) in [7, 11) is 2.06. The van der Waals surface area contributed by atoms with Crippen molar-refractivity contribution in [1.82, 2.24) is 24.7 Å². The van der Waals surface area contributed by atoms with E-state index < -0.39 is 0 Å². The van der Waals surface area contributed by atoms with E-state index in [1.165, 1.54) is 0 Å². The lowest BCUT2D eigenvalue weighted by molar-refractivity contribution is -0.132. The molecule has 1 aromatic carbocycles. The molecular formula is C30H42N6O3. The molecule has 1 atom stereocenters. The average molecular weight is 535 g/mol. The molecule has 4 rings (SSSR count). The number of aromatic nitrogens is 2. The number of fused-ring (bicyclic) bond motifs is 1. The van der Waals surface area contributed by atoms with Crippen molar-refractivity contribution in [3.05, 3.63) is 53.1 Å². The summed E-state index contributed by atoms with van der Waals surface area (Å²) in [5, 5.41) is 0. The monoisotopic (exact) mass is 534 g/mol. The third kappa shape index (κ3) is 7.62. The summed E-state index contributed by atoms with van der Waals surface area (Å²) in [5.41, 5.74) is 3.70. The molecule has 3 amide bonds. The summed E-state index contributed by atoms with van der Waals surface area (Å²) >= 11 is 0. The van der Waals surface area contributed by atoms with E-state index in [0.29, 0.717) is 44.8 Å². The largest absolute Gasteiger partial charge is 0.342 e. The van der Waals surface area contributed by atoms with E-state index in [4.69, 9.17) is 4.98 Å². The molecule has 210 valence electrons. The van der Waals surface area contributed by atoms with Crippen LogP contribution in [0, 0.1) is 6.92 Å². The minimum atomic E-state index is 0.0153. The zero-order valence-electron chi connectivity index (χ0n) is 23.9. The van der Waals surface area contributed by atoms with Gasteiger partial charge in [-0.25, -0.2) is 9.97 Å². The predicted molar refractivity (Wildman–Crippen MR) is 151 cm³/mol. The van der Waals surface area contributed by atoms with Gasteiger partial charge in [0.25, 0.3) is 0 Å². The number of likely N-dealkylation sites (N-methyl/N-ethyl adjacent to an activating group) is 1. The van der Waals surface area contributed by atoms with Gasteiger partial charge in [0.15, 0.2) is 0 Å². The highest BCUT2D eigenvalue weighted by molar-refractivity contribution is 5.92. The maximum absolute atomic E-state index is 13.6. The Morgan fingerprint density at radius 3 is 2.49 bits per heavy atom. The van der Waals surface area contributed by atoms with Crippen molar-refractivity contribution in [2.24, 2.45) is 0 Å². The van der Waals surface area contributed by atoms with E-state index in [1.807, 2.05) is 52.0 Å². The second-order valence-electron chi connectivity index (χ2n) is 10.9. The van der Waals surface area contributed by atoms with Crippen LogP contribution in [0.2, 0.25) is 0 Å². The fourth-order valence-electron chi connectivity index (χ4n) is 5.64. The van der Waals surface area contributed by atoms with Crippen molar-refractivity contribution in [3.63, 3.8) is 0 Å². The normalized spacial score (nSPS) is 19.3. The number of nitrogens with zero attached hydrogens (tertiary/aromatic N) is 6. The first kappa shape index (κ1) is 28.7.